The van der Waals surface area contributed by atoms with E-state index < -0.39 is 11.6 Å². The number of benzene rings is 2. The molecule has 0 N–H and O–H groups in total. The fourth-order valence-corrected chi connectivity index (χ4v) is 4.27. The van der Waals surface area contributed by atoms with Crippen LogP contribution in [0.3, 0.4) is 0 Å². The molecule has 196 valence electrons. The highest BCUT2D eigenvalue weighted by atomic mass is 35.5. The molecule has 0 unspecified atom stereocenters. The Bertz CT molecular complexity index is 1120. The molecule has 0 saturated carbocycles. The smallest absolute Gasteiger partial charge is 0.203 e. The molecule has 2 heterocycles. The average molecular weight is 542 g/mol. The second kappa shape index (κ2) is 13.5. The molecule has 10 heteroatoms. The Kier molecular flexibility index (Phi) is 11.0. The molecule has 3 aromatic rings. The fraction of sp³-hybridized carbons (Fsp3) is 0.346. The number of ether oxygens (including phenoxy) is 3. The fourth-order valence-electron chi connectivity index (χ4n) is 4.27. The molecule has 0 bridgehead atoms. The summed E-state index contributed by atoms with van der Waals surface area (Å²) in [5.74, 6) is -0.0809. The summed E-state index contributed by atoms with van der Waals surface area (Å²) >= 11 is 0. The number of piperidine rings is 1. The molecule has 2 aromatic carbocycles. The van der Waals surface area contributed by atoms with Gasteiger partial charge in [-0.05, 0) is 54.3 Å². The summed E-state index contributed by atoms with van der Waals surface area (Å²) in [6.07, 6.45) is 6.85. The maximum Gasteiger partial charge on any atom is 0.203 e. The van der Waals surface area contributed by atoms with Crippen LogP contribution in [0.1, 0.15) is 24.8 Å². The topological polar surface area (TPSA) is 47.1 Å². The van der Waals surface area contributed by atoms with Gasteiger partial charge in [-0.3, -0.25) is 4.98 Å². The molecular formula is C26H31Cl2F2N3O3. The standard InChI is InChI=1S/C26H29F2N3O3.2ClH/c1-32-24-12-19(13-25(33-2)26(24)34-3)20-11-18(15-29-16-20)17-31(30-9-5-4-6-10-30)21-7-8-22(27)23(28)14-21;;/h7-8,11-16H,4-6,9-10,17H2,1-3H3;2*1H. The molecule has 1 fully saturated rings. The molecule has 0 spiro atoms. The van der Waals surface area contributed by atoms with Crippen molar-refractivity contribution in [3.05, 3.63) is 66.0 Å². The number of hydrogen-bond acceptors (Lipinski definition) is 6. The van der Waals surface area contributed by atoms with Gasteiger partial charge in [0.15, 0.2) is 23.1 Å². The lowest BCUT2D eigenvalue weighted by Gasteiger charge is -2.39. The van der Waals surface area contributed by atoms with Crippen LogP contribution in [0.4, 0.5) is 14.5 Å². The van der Waals surface area contributed by atoms with Crippen molar-refractivity contribution in [3.63, 3.8) is 0 Å². The van der Waals surface area contributed by atoms with Gasteiger partial charge in [0.1, 0.15) is 0 Å². The maximum absolute atomic E-state index is 14.1. The van der Waals surface area contributed by atoms with Crippen LogP contribution in [-0.4, -0.2) is 44.4 Å². The zero-order valence-electron chi connectivity index (χ0n) is 20.5. The minimum atomic E-state index is -0.858. The minimum absolute atomic E-state index is 0. The number of hydrazine groups is 1. The number of nitrogens with zero attached hydrogens (tertiary/aromatic N) is 3. The second-order valence-corrected chi connectivity index (χ2v) is 8.17. The van der Waals surface area contributed by atoms with Gasteiger partial charge >= 0.3 is 0 Å². The van der Waals surface area contributed by atoms with Crippen LogP contribution in [0.15, 0.2) is 48.8 Å². The normalized spacial score (nSPS) is 13.2. The Morgan fingerprint density at radius 3 is 2.06 bits per heavy atom. The van der Waals surface area contributed by atoms with Crippen LogP contribution in [0.2, 0.25) is 0 Å². The van der Waals surface area contributed by atoms with Gasteiger partial charge in [-0.2, -0.15) is 0 Å². The Morgan fingerprint density at radius 1 is 0.806 bits per heavy atom. The van der Waals surface area contributed by atoms with Crippen LogP contribution >= 0.6 is 24.8 Å². The number of anilines is 1. The van der Waals surface area contributed by atoms with Crippen LogP contribution < -0.4 is 19.2 Å². The lowest BCUT2D eigenvalue weighted by Crippen LogP contribution is -2.45. The number of rotatable bonds is 8. The maximum atomic E-state index is 14.1. The third-order valence-electron chi connectivity index (χ3n) is 6.00. The van der Waals surface area contributed by atoms with Crippen molar-refractivity contribution in [1.82, 2.24) is 9.99 Å². The first kappa shape index (κ1) is 29.4. The molecule has 0 amide bonds. The molecule has 1 aliphatic rings. The van der Waals surface area contributed by atoms with Crippen LogP contribution in [0.5, 0.6) is 17.2 Å². The predicted octanol–water partition coefficient (Wildman–Crippen LogP) is 6.30. The molecule has 0 radical (unpaired) electrons. The first-order valence-electron chi connectivity index (χ1n) is 11.3. The molecule has 4 rings (SSSR count). The highest BCUT2D eigenvalue weighted by Gasteiger charge is 2.21. The molecular weight excluding hydrogens is 511 g/mol. The van der Waals surface area contributed by atoms with Crippen LogP contribution in [0, 0.1) is 11.6 Å². The number of pyridine rings is 1. The molecule has 1 saturated heterocycles. The average Bonchev–Trinajstić information content (AvgIpc) is 2.88. The third-order valence-corrected chi connectivity index (χ3v) is 6.00. The number of methoxy groups -OCH3 is 3. The number of hydrogen-bond donors (Lipinski definition) is 0. The highest BCUT2D eigenvalue weighted by Crippen LogP contribution is 2.41. The van der Waals surface area contributed by atoms with Gasteiger partial charge in [0.2, 0.25) is 5.75 Å². The first-order valence-corrected chi connectivity index (χ1v) is 11.3. The summed E-state index contributed by atoms with van der Waals surface area (Å²) in [6.45, 7) is 2.19. The summed E-state index contributed by atoms with van der Waals surface area (Å²) in [5.41, 5.74) is 3.28. The summed E-state index contributed by atoms with van der Waals surface area (Å²) in [5, 5.41) is 4.21. The summed E-state index contributed by atoms with van der Waals surface area (Å²) in [7, 11) is 4.72. The monoisotopic (exact) mass is 541 g/mol. The summed E-state index contributed by atoms with van der Waals surface area (Å²) in [4.78, 5) is 4.45. The van der Waals surface area contributed by atoms with E-state index in [0.717, 1.165) is 42.6 Å². The SMILES string of the molecule is COc1cc(-c2cncc(CN(c3ccc(F)c(F)c3)N3CCCCC3)c2)cc(OC)c1OC.Cl.Cl. The molecule has 6 nitrogen and oxygen atoms in total. The zero-order valence-corrected chi connectivity index (χ0v) is 22.1. The molecule has 1 aliphatic heterocycles. The summed E-state index contributed by atoms with van der Waals surface area (Å²) < 4.78 is 44.1. The van der Waals surface area contributed by atoms with Gasteiger partial charge in [0.05, 0.1) is 33.6 Å². The van der Waals surface area contributed by atoms with E-state index in [1.807, 2.05) is 23.2 Å². The van der Waals surface area contributed by atoms with Gasteiger partial charge in [0, 0.05) is 37.1 Å². The van der Waals surface area contributed by atoms with Crippen molar-refractivity contribution in [1.29, 1.82) is 0 Å². The molecule has 1 aromatic heterocycles. The predicted molar refractivity (Wildman–Crippen MR) is 142 cm³/mol. The van der Waals surface area contributed by atoms with Crippen molar-refractivity contribution in [3.8, 4) is 28.4 Å². The van der Waals surface area contributed by atoms with E-state index in [1.54, 1.807) is 39.8 Å². The highest BCUT2D eigenvalue weighted by molar-refractivity contribution is 5.85. The lowest BCUT2D eigenvalue weighted by atomic mass is 10.0. The van der Waals surface area contributed by atoms with Gasteiger partial charge in [-0.25, -0.2) is 13.8 Å². The van der Waals surface area contributed by atoms with E-state index in [-0.39, 0.29) is 24.8 Å². The van der Waals surface area contributed by atoms with Crippen LogP contribution in [0.25, 0.3) is 11.1 Å². The lowest BCUT2D eigenvalue weighted by molar-refractivity contribution is 0.204. The Balaban J connectivity index is 0.00000228. The number of halogens is 4. The van der Waals surface area contributed by atoms with Crippen molar-refractivity contribution >= 4 is 30.5 Å². The quantitative estimate of drug-likeness (QED) is 0.333. The second-order valence-electron chi connectivity index (χ2n) is 8.17. The van der Waals surface area contributed by atoms with E-state index in [0.29, 0.717) is 29.5 Å². The van der Waals surface area contributed by atoms with E-state index in [9.17, 15) is 8.78 Å². The number of aromatic nitrogens is 1. The summed E-state index contributed by atoms with van der Waals surface area (Å²) in [6, 6.07) is 9.82. The van der Waals surface area contributed by atoms with Gasteiger partial charge in [-0.1, -0.05) is 6.42 Å². The molecule has 36 heavy (non-hydrogen) atoms. The van der Waals surface area contributed by atoms with Gasteiger partial charge < -0.3 is 19.2 Å². The van der Waals surface area contributed by atoms with E-state index in [2.05, 4.69) is 9.99 Å². The Labute approximate surface area is 223 Å². The van der Waals surface area contributed by atoms with Gasteiger partial charge in [-0.15, -0.1) is 24.8 Å². The van der Waals surface area contributed by atoms with Crippen molar-refractivity contribution < 1.29 is 23.0 Å². The third kappa shape index (κ3) is 6.49. The van der Waals surface area contributed by atoms with Crippen LogP contribution in [-0.2, 0) is 6.54 Å². The molecule has 0 atom stereocenters. The minimum Gasteiger partial charge on any atom is -0.493 e. The van der Waals surface area contributed by atoms with Crippen molar-refractivity contribution in [2.45, 2.75) is 25.8 Å². The Morgan fingerprint density at radius 2 is 1.47 bits per heavy atom. The largest absolute Gasteiger partial charge is 0.493 e. The van der Waals surface area contributed by atoms with E-state index >= 15 is 0 Å². The zero-order chi connectivity index (χ0) is 24.1. The van der Waals surface area contributed by atoms with E-state index in [1.165, 1.54) is 18.6 Å². The Hall–Kier alpha value is -2.81. The van der Waals surface area contributed by atoms with Crippen molar-refractivity contribution in [2.24, 2.45) is 0 Å². The van der Waals surface area contributed by atoms with Crippen molar-refractivity contribution in [2.75, 3.05) is 39.4 Å². The first-order chi connectivity index (χ1) is 16.5. The van der Waals surface area contributed by atoms with E-state index in [4.69, 9.17) is 14.2 Å². The van der Waals surface area contributed by atoms with Gasteiger partial charge in [0.25, 0.3) is 0 Å². The molecule has 0 aliphatic carbocycles.